The summed E-state index contributed by atoms with van der Waals surface area (Å²) in [5.74, 6) is -0.601. The van der Waals surface area contributed by atoms with Gasteiger partial charge in [0.1, 0.15) is 16.1 Å². The fourth-order valence-electron chi connectivity index (χ4n) is 3.02. The van der Waals surface area contributed by atoms with Crippen LogP contribution in [0.4, 0.5) is 5.69 Å². The van der Waals surface area contributed by atoms with Gasteiger partial charge in [-0.15, -0.1) is 11.3 Å². The number of fused-ring (bicyclic) bond motifs is 3. The van der Waals surface area contributed by atoms with E-state index in [1.165, 1.54) is 15.9 Å². The van der Waals surface area contributed by atoms with Gasteiger partial charge in [-0.05, 0) is 42.8 Å². The second-order valence-electron chi connectivity index (χ2n) is 6.19. The number of esters is 1. The van der Waals surface area contributed by atoms with Gasteiger partial charge in [0.25, 0.3) is 5.56 Å². The van der Waals surface area contributed by atoms with Gasteiger partial charge in [0.2, 0.25) is 0 Å². The maximum atomic E-state index is 13.3. The molecule has 6 nitrogen and oxygen atoms in total. The van der Waals surface area contributed by atoms with Crippen molar-refractivity contribution in [3.05, 3.63) is 78.7 Å². The number of rotatable bonds is 3. The Morgan fingerprint density at radius 3 is 2.69 bits per heavy atom. The van der Waals surface area contributed by atoms with Crippen molar-refractivity contribution in [2.24, 2.45) is 10.7 Å². The molecule has 29 heavy (non-hydrogen) atoms. The number of amidine groups is 1. The van der Waals surface area contributed by atoms with Crippen LogP contribution in [0.1, 0.15) is 12.5 Å². The van der Waals surface area contributed by atoms with Gasteiger partial charge in [0.05, 0.1) is 22.5 Å². The number of thiazole rings is 1. The molecule has 0 atom stereocenters. The first-order valence-electron chi connectivity index (χ1n) is 8.84. The topological polar surface area (TPSA) is 86.7 Å². The van der Waals surface area contributed by atoms with E-state index in [9.17, 15) is 9.59 Å². The standard InChI is InChI=1S/C21H16ClN3O3S/c1-2-28-21(27)17-18(23)24-14-5-3-4-6-15(14)25-19(26)16(29-20(17)25)11-12-7-9-13(22)10-8-12/h3-11H,2H2,1H3,(H2,23,24). The van der Waals surface area contributed by atoms with E-state index in [1.807, 2.05) is 12.1 Å². The minimum absolute atomic E-state index is 0.0152. The average molecular weight is 426 g/mol. The molecule has 0 radical (unpaired) electrons. The number of nitrogens with two attached hydrogens (primary N) is 1. The number of hydrogen-bond donors (Lipinski definition) is 1. The number of benzene rings is 2. The van der Waals surface area contributed by atoms with Gasteiger partial charge in [-0.2, -0.15) is 0 Å². The second-order valence-corrected chi connectivity index (χ2v) is 7.66. The Bertz CT molecular complexity index is 1320. The van der Waals surface area contributed by atoms with Crippen LogP contribution >= 0.6 is 22.9 Å². The molecule has 0 saturated carbocycles. The molecule has 0 bridgehead atoms. The van der Waals surface area contributed by atoms with Crippen LogP contribution < -0.4 is 20.5 Å². The monoisotopic (exact) mass is 425 g/mol. The molecule has 2 heterocycles. The summed E-state index contributed by atoms with van der Waals surface area (Å²) in [5.41, 5.74) is 7.84. The quantitative estimate of drug-likeness (QED) is 0.651. The number of para-hydroxylation sites is 2. The van der Waals surface area contributed by atoms with E-state index in [0.717, 1.165) is 5.56 Å². The number of nitrogens with zero attached hydrogens (tertiary/aromatic N) is 2. The molecule has 0 saturated heterocycles. The van der Waals surface area contributed by atoms with Crippen LogP contribution in [0, 0.1) is 0 Å². The summed E-state index contributed by atoms with van der Waals surface area (Å²) in [6.45, 7) is 1.89. The summed E-state index contributed by atoms with van der Waals surface area (Å²) in [6, 6.07) is 14.2. The summed E-state index contributed by atoms with van der Waals surface area (Å²) in [4.78, 5) is 30.3. The van der Waals surface area contributed by atoms with E-state index in [0.29, 0.717) is 25.6 Å². The lowest BCUT2D eigenvalue weighted by Crippen LogP contribution is -2.33. The third-order valence-corrected chi connectivity index (χ3v) is 5.65. The predicted octanol–water partition coefficient (Wildman–Crippen LogP) is 2.10. The van der Waals surface area contributed by atoms with Crippen molar-refractivity contribution in [2.75, 3.05) is 6.61 Å². The lowest BCUT2D eigenvalue weighted by atomic mass is 10.2. The van der Waals surface area contributed by atoms with Gasteiger partial charge in [0, 0.05) is 5.02 Å². The van der Waals surface area contributed by atoms with Gasteiger partial charge < -0.3 is 10.5 Å². The summed E-state index contributed by atoms with van der Waals surface area (Å²) in [5, 5.41) is 0.608. The van der Waals surface area contributed by atoms with E-state index < -0.39 is 5.97 Å². The Kier molecular flexibility index (Phi) is 5.08. The van der Waals surface area contributed by atoms with Crippen LogP contribution in [0.2, 0.25) is 5.02 Å². The average Bonchev–Trinajstić information content (AvgIpc) is 2.93. The predicted molar refractivity (Wildman–Crippen MR) is 116 cm³/mol. The van der Waals surface area contributed by atoms with Crippen molar-refractivity contribution in [1.29, 1.82) is 0 Å². The largest absolute Gasteiger partial charge is 0.462 e. The molecule has 146 valence electrons. The molecule has 1 aromatic heterocycles. The third-order valence-electron chi connectivity index (χ3n) is 4.30. The Balaban J connectivity index is 2.09. The van der Waals surface area contributed by atoms with Gasteiger partial charge >= 0.3 is 5.97 Å². The van der Waals surface area contributed by atoms with Crippen LogP contribution in [-0.4, -0.2) is 23.0 Å². The SMILES string of the molecule is CCOC(=O)C1=c2sc(=Cc3ccc(Cl)cc3)c(=O)n2-c2ccccc2N=C1N. The normalized spacial score (nSPS) is 13.4. The highest BCUT2D eigenvalue weighted by Gasteiger charge is 2.25. The number of carbonyl (C=O) groups excluding carboxylic acids is 1. The van der Waals surface area contributed by atoms with Gasteiger partial charge in [-0.25, -0.2) is 9.79 Å². The number of carbonyl (C=O) groups is 1. The molecular formula is C21H16ClN3O3S. The lowest BCUT2D eigenvalue weighted by molar-refractivity contribution is -0.135. The Labute approximate surface area is 174 Å². The minimum atomic E-state index is -0.616. The molecule has 0 unspecified atom stereocenters. The zero-order valence-electron chi connectivity index (χ0n) is 15.4. The van der Waals surface area contributed by atoms with Crippen LogP contribution in [0.3, 0.4) is 0 Å². The Morgan fingerprint density at radius 2 is 1.97 bits per heavy atom. The highest BCUT2D eigenvalue weighted by atomic mass is 35.5. The van der Waals surface area contributed by atoms with E-state index in [1.54, 1.807) is 49.4 Å². The molecule has 3 aromatic rings. The zero-order valence-corrected chi connectivity index (χ0v) is 17.0. The second kappa shape index (κ2) is 7.69. The molecular weight excluding hydrogens is 410 g/mol. The number of halogens is 1. The third kappa shape index (κ3) is 3.50. The molecule has 0 aliphatic carbocycles. The molecule has 8 heteroatoms. The van der Waals surface area contributed by atoms with Gasteiger partial charge in [-0.1, -0.05) is 35.9 Å². The highest BCUT2D eigenvalue weighted by molar-refractivity contribution is 7.08. The van der Waals surface area contributed by atoms with Crippen LogP contribution in [0.15, 0.2) is 58.3 Å². The molecule has 2 aromatic carbocycles. The zero-order chi connectivity index (χ0) is 20.5. The van der Waals surface area contributed by atoms with E-state index in [2.05, 4.69) is 4.99 Å². The molecule has 1 aliphatic rings. The maximum Gasteiger partial charge on any atom is 0.344 e. The lowest BCUT2D eigenvalue weighted by Gasteiger charge is -2.04. The van der Waals surface area contributed by atoms with Crippen molar-refractivity contribution in [3.8, 4) is 5.69 Å². The molecule has 0 spiro atoms. The molecule has 0 amide bonds. The fraction of sp³-hybridized carbons (Fsp3) is 0.0952. The highest BCUT2D eigenvalue weighted by Crippen LogP contribution is 2.24. The summed E-state index contributed by atoms with van der Waals surface area (Å²) >= 11 is 7.11. The summed E-state index contributed by atoms with van der Waals surface area (Å²) in [6.07, 6.45) is 1.75. The van der Waals surface area contributed by atoms with Gasteiger partial charge in [0.15, 0.2) is 0 Å². The number of aliphatic imine (C=N–C) groups is 1. The minimum Gasteiger partial charge on any atom is -0.462 e. The summed E-state index contributed by atoms with van der Waals surface area (Å²) in [7, 11) is 0. The first kappa shape index (κ1) is 19.2. The summed E-state index contributed by atoms with van der Waals surface area (Å²) < 4.78 is 7.48. The number of aromatic nitrogens is 1. The molecule has 4 rings (SSSR count). The van der Waals surface area contributed by atoms with E-state index in [-0.39, 0.29) is 23.6 Å². The number of hydrogen-bond acceptors (Lipinski definition) is 6. The first-order valence-corrected chi connectivity index (χ1v) is 10.0. The molecule has 2 N–H and O–H groups in total. The van der Waals surface area contributed by atoms with E-state index >= 15 is 0 Å². The Morgan fingerprint density at radius 1 is 1.24 bits per heavy atom. The van der Waals surface area contributed by atoms with Crippen LogP contribution in [-0.2, 0) is 9.53 Å². The van der Waals surface area contributed by atoms with Crippen molar-refractivity contribution in [2.45, 2.75) is 6.92 Å². The van der Waals surface area contributed by atoms with Crippen molar-refractivity contribution in [1.82, 2.24) is 4.57 Å². The van der Waals surface area contributed by atoms with Gasteiger partial charge in [-0.3, -0.25) is 9.36 Å². The first-order chi connectivity index (χ1) is 14.0. The maximum absolute atomic E-state index is 13.3. The molecule has 0 fully saturated rings. The van der Waals surface area contributed by atoms with E-state index in [4.69, 9.17) is 22.1 Å². The van der Waals surface area contributed by atoms with Crippen molar-refractivity contribution < 1.29 is 9.53 Å². The van der Waals surface area contributed by atoms with Crippen LogP contribution in [0.5, 0.6) is 0 Å². The number of ether oxygens (including phenoxy) is 1. The van der Waals surface area contributed by atoms with Crippen molar-refractivity contribution >= 4 is 52.1 Å². The smallest absolute Gasteiger partial charge is 0.344 e. The fourth-order valence-corrected chi connectivity index (χ4v) is 4.29. The Hall–Kier alpha value is -3.16. The molecule has 1 aliphatic heterocycles. The van der Waals surface area contributed by atoms with Crippen LogP contribution in [0.25, 0.3) is 17.3 Å². The van der Waals surface area contributed by atoms with Crippen molar-refractivity contribution in [3.63, 3.8) is 0 Å².